The molecular formula is C12H29O12P3. The van der Waals surface area contributed by atoms with Gasteiger partial charge in [-0.1, -0.05) is 58.3 Å². The molecule has 0 aliphatic carbocycles. The third-order valence-corrected chi connectivity index (χ3v) is 6.27. The smallest absolute Gasteiger partial charge is 0.481 e. The molecule has 27 heavy (non-hydrogen) atoms. The molecule has 164 valence electrons. The van der Waals surface area contributed by atoms with Crippen LogP contribution in [0, 0.1) is 0 Å². The number of hydrogen-bond acceptors (Lipinski definition) is 6. The molecule has 0 saturated carbocycles. The lowest BCUT2D eigenvalue weighted by Gasteiger charge is -2.11. The average Bonchev–Trinajstić information content (AvgIpc) is 2.40. The molecule has 0 saturated heterocycles. The summed E-state index contributed by atoms with van der Waals surface area (Å²) in [7, 11) is -16.2. The Morgan fingerprint density at radius 1 is 0.704 bits per heavy atom. The average molecular weight is 458 g/mol. The molecule has 0 aliphatic rings. The highest BCUT2D eigenvalue weighted by Crippen LogP contribution is 2.64. The number of carboxylic acids is 1. The molecule has 0 radical (unpaired) electrons. The predicted octanol–water partition coefficient (Wildman–Crippen LogP) is 3.30. The van der Waals surface area contributed by atoms with Gasteiger partial charge in [0.1, 0.15) is 0 Å². The Balaban J connectivity index is 0. The summed E-state index contributed by atoms with van der Waals surface area (Å²) >= 11 is 0. The van der Waals surface area contributed by atoms with E-state index in [-0.39, 0.29) is 0 Å². The fraction of sp³-hybridized carbons (Fsp3) is 0.917. The Hall–Kier alpha value is -0.120. The van der Waals surface area contributed by atoms with Gasteiger partial charge in [-0.25, -0.2) is 13.7 Å². The lowest BCUT2D eigenvalue weighted by atomic mass is 10.1. The van der Waals surface area contributed by atoms with E-state index >= 15 is 0 Å². The molecule has 0 amide bonds. The molecule has 0 atom stereocenters. The minimum Gasteiger partial charge on any atom is -0.481 e. The van der Waals surface area contributed by atoms with E-state index in [0.717, 1.165) is 12.8 Å². The summed E-state index contributed by atoms with van der Waals surface area (Å²) in [5, 5.41) is 8.41. The van der Waals surface area contributed by atoms with Crippen molar-refractivity contribution in [3.05, 3.63) is 0 Å². The molecule has 15 heteroatoms. The van der Waals surface area contributed by atoms with Crippen molar-refractivity contribution >= 4 is 29.4 Å². The first kappa shape index (κ1) is 29.1. The molecule has 12 nitrogen and oxygen atoms in total. The van der Waals surface area contributed by atoms with E-state index in [0.29, 0.717) is 6.42 Å². The van der Waals surface area contributed by atoms with Gasteiger partial charge in [0, 0.05) is 6.42 Å². The largest absolute Gasteiger partial charge is 0.490 e. The third-order valence-electron chi connectivity index (χ3n) is 2.91. The van der Waals surface area contributed by atoms with Crippen molar-refractivity contribution in [3.63, 3.8) is 0 Å². The van der Waals surface area contributed by atoms with Crippen LogP contribution >= 0.6 is 23.5 Å². The summed E-state index contributed by atoms with van der Waals surface area (Å²) < 4.78 is 36.4. The summed E-state index contributed by atoms with van der Waals surface area (Å²) in [4.78, 5) is 50.4. The van der Waals surface area contributed by atoms with Gasteiger partial charge in [0.05, 0.1) is 0 Å². The normalized spacial score (nSPS) is 12.4. The molecule has 6 N–H and O–H groups in total. The van der Waals surface area contributed by atoms with Gasteiger partial charge in [0.2, 0.25) is 0 Å². The second kappa shape index (κ2) is 14.8. The van der Waals surface area contributed by atoms with Crippen LogP contribution in [0.25, 0.3) is 0 Å². The Bertz CT molecular complexity index is 512. The monoisotopic (exact) mass is 458 g/mol. The third kappa shape index (κ3) is 28.2. The Kier molecular flexibility index (Phi) is 16.0. The zero-order valence-electron chi connectivity index (χ0n) is 15.0. The van der Waals surface area contributed by atoms with E-state index in [1.807, 2.05) is 0 Å². The van der Waals surface area contributed by atoms with Crippen molar-refractivity contribution in [2.45, 2.75) is 71.1 Å². The first-order chi connectivity index (χ1) is 12.2. The maximum atomic E-state index is 10.4. The fourth-order valence-corrected chi connectivity index (χ4v) is 4.41. The lowest BCUT2D eigenvalue weighted by molar-refractivity contribution is -0.137. The van der Waals surface area contributed by atoms with Gasteiger partial charge in [0.15, 0.2) is 0 Å². The van der Waals surface area contributed by atoms with Gasteiger partial charge >= 0.3 is 29.4 Å². The number of phosphoric acid groups is 3. The second-order valence-corrected chi connectivity index (χ2v) is 9.79. The van der Waals surface area contributed by atoms with E-state index in [2.05, 4.69) is 15.5 Å². The summed E-state index contributed by atoms with van der Waals surface area (Å²) in [5.41, 5.74) is 0. The highest BCUT2D eigenvalue weighted by atomic mass is 31.3. The maximum Gasteiger partial charge on any atom is 0.490 e. The maximum absolute atomic E-state index is 10.4. The highest BCUT2D eigenvalue weighted by Gasteiger charge is 2.38. The van der Waals surface area contributed by atoms with Gasteiger partial charge in [-0.2, -0.15) is 8.62 Å². The van der Waals surface area contributed by atoms with Crippen LogP contribution in [-0.4, -0.2) is 35.5 Å². The molecule has 0 aromatic carbocycles. The molecule has 0 bridgehead atoms. The zero-order chi connectivity index (χ0) is 21.6. The molecule has 0 fully saturated rings. The molecule has 0 heterocycles. The molecular weight excluding hydrogens is 429 g/mol. The number of hydrogen-bond donors (Lipinski definition) is 6. The number of carboxylic acid groups (broad SMARTS) is 1. The molecule has 0 unspecified atom stereocenters. The van der Waals surface area contributed by atoms with Crippen LogP contribution < -0.4 is 0 Å². The highest BCUT2D eigenvalue weighted by molar-refractivity contribution is 7.66. The van der Waals surface area contributed by atoms with Crippen molar-refractivity contribution in [2.75, 3.05) is 0 Å². The van der Waals surface area contributed by atoms with Crippen LogP contribution in [-0.2, 0) is 27.1 Å². The van der Waals surface area contributed by atoms with Crippen LogP contribution in [0.15, 0.2) is 0 Å². The van der Waals surface area contributed by atoms with Gasteiger partial charge in [0.25, 0.3) is 0 Å². The number of rotatable bonds is 14. The topological polar surface area (TPSA) is 208 Å². The van der Waals surface area contributed by atoms with Crippen LogP contribution in [0.2, 0.25) is 0 Å². The summed E-state index contributed by atoms with van der Waals surface area (Å²) in [6.07, 6.45) is 11.5. The standard InChI is InChI=1S/C12H24O2.H5O10P3/c1-2-3-4-5-6-7-8-9-10-11-12(13)14;1-11(2,3)9-13(7,8)10-12(4,5)6/h2-11H2,1H3,(H,13,14);(H,7,8)(H2,1,2,3)(H2,4,5,6). The lowest BCUT2D eigenvalue weighted by Crippen LogP contribution is -1.93. The predicted molar refractivity (Wildman–Crippen MR) is 95.6 cm³/mol. The van der Waals surface area contributed by atoms with Crippen molar-refractivity contribution in [1.82, 2.24) is 0 Å². The quantitative estimate of drug-likeness (QED) is 0.164. The Labute approximate surface area is 158 Å². The Morgan fingerprint density at radius 3 is 1.33 bits per heavy atom. The van der Waals surface area contributed by atoms with Crippen molar-refractivity contribution in [3.8, 4) is 0 Å². The van der Waals surface area contributed by atoms with E-state index in [1.165, 1.54) is 44.9 Å². The minimum absolute atomic E-state index is 0.343. The van der Waals surface area contributed by atoms with Gasteiger partial charge < -0.3 is 29.6 Å². The zero-order valence-corrected chi connectivity index (χ0v) is 17.7. The second-order valence-electron chi connectivity index (χ2n) is 5.59. The van der Waals surface area contributed by atoms with Gasteiger partial charge in [-0.3, -0.25) is 4.79 Å². The SMILES string of the molecule is CCCCCCCCCCCC(=O)O.O=P(O)(O)OP(=O)(O)OP(=O)(O)O. The van der Waals surface area contributed by atoms with E-state index in [9.17, 15) is 18.5 Å². The fourth-order valence-electron chi connectivity index (χ4n) is 1.87. The van der Waals surface area contributed by atoms with Crippen LogP contribution in [0.3, 0.4) is 0 Å². The molecule has 0 aromatic rings. The van der Waals surface area contributed by atoms with E-state index in [4.69, 9.17) is 29.6 Å². The molecule has 0 aromatic heterocycles. The van der Waals surface area contributed by atoms with Crippen LogP contribution in [0.4, 0.5) is 0 Å². The first-order valence-electron chi connectivity index (χ1n) is 8.27. The number of carbonyl (C=O) groups is 1. The Morgan fingerprint density at radius 2 is 1.04 bits per heavy atom. The number of unbranched alkanes of at least 4 members (excludes halogenated alkanes) is 8. The number of aliphatic carboxylic acids is 1. The van der Waals surface area contributed by atoms with E-state index in [1.54, 1.807) is 0 Å². The summed E-state index contributed by atoms with van der Waals surface area (Å²) in [6.45, 7) is 2.23. The van der Waals surface area contributed by atoms with Crippen LogP contribution in [0.1, 0.15) is 71.1 Å². The summed E-state index contributed by atoms with van der Waals surface area (Å²) in [6, 6.07) is 0. The van der Waals surface area contributed by atoms with Crippen molar-refractivity contribution < 1.29 is 56.7 Å². The van der Waals surface area contributed by atoms with Crippen molar-refractivity contribution in [2.24, 2.45) is 0 Å². The first-order valence-corrected chi connectivity index (χ1v) is 12.8. The molecule has 0 spiro atoms. The minimum atomic E-state index is -5.46. The summed E-state index contributed by atoms with van der Waals surface area (Å²) in [5.74, 6) is -0.659. The molecule has 0 rings (SSSR count). The van der Waals surface area contributed by atoms with Crippen molar-refractivity contribution in [1.29, 1.82) is 0 Å². The van der Waals surface area contributed by atoms with Crippen LogP contribution in [0.5, 0.6) is 0 Å². The molecule has 0 aliphatic heterocycles. The van der Waals surface area contributed by atoms with E-state index < -0.39 is 29.4 Å². The van der Waals surface area contributed by atoms with Gasteiger partial charge in [-0.15, -0.1) is 0 Å². The van der Waals surface area contributed by atoms with Gasteiger partial charge in [-0.05, 0) is 6.42 Å².